The van der Waals surface area contributed by atoms with Crippen LogP contribution in [0.1, 0.15) is 53.8 Å². The molecule has 31 heavy (non-hydrogen) atoms. The lowest BCUT2D eigenvalue weighted by atomic mass is 9.85. The third-order valence-electron chi connectivity index (χ3n) is 5.85. The monoisotopic (exact) mass is 419 g/mol. The number of fused-ring (bicyclic) bond motifs is 1. The number of nitrogens with zero attached hydrogens (tertiary/aromatic N) is 3. The number of ketones is 1. The number of rotatable bonds is 5. The summed E-state index contributed by atoms with van der Waals surface area (Å²) in [5.41, 5.74) is 2.10. The third kappa shape index (κ3) is 3.83. The molecule has 0 spiro atoms. The molecule has 7 nitrogen and oxygen atoms in total. The fourth-order valence-corrected chi connectivity index (χ4v) is 3.75. The van der Waals surface area contributed by atoms with Crippen LogP contribution in [0.15, 0.2) is 47.0 Å². The third-order valence-corrected chi connectivity index (χ3v) is 5.85. The molecule has 1 aliphatic heterocycles. The van der Waals surface area contributed by atoms with Crippen molar-refractivity contribution in [3.8, 4) is 28.6 Å². The van der Waals surface area contributed by atoms with Crippen molar-refractivity contribution in [2.45, 2.75) is 38.7 Å². The molecule has 0 bridgehead atoms. The molecule has 0 atom stereocenters. The molecule has 0 unspecified atom stereocenters. The number of hydrogen-bond donors (Lipinski definition) is 0. The Balaban J connectivity index is 1.60. The van der Waals surface area contributed by atoms with Crippen LogP contribution in [0.4, 0.5) is 0 Å². The average Bonchev–Trinajstić information content (AvgIpc) is 3.28. The highest BCUT2D eigenvalue weighted by molar-refractivity contribution is 6.01. The fourth-order valence-electron chi connectivity index (χ4n) is 3.75. The van der Waals surface area contributed by atoms with Crippen molar-refractivity contribution in [2.75, 3.05) is 14.1 Å². The predicted octanol–water partition coefficient (Wildman–Crippen LogP) is 4.63. The first-order valence-corrected chi connectivity index (χ1v) is 10.4. The maximum absolute atomic E-state index is 12.8. The minimum Gasteiger partial charge on any atom is -0.486 e. The van der Waals surface area contributed by atoms with Gasteiger partial charge in [-0.25, -0.2) is 0 Å². The van der Waals surface area contributed by atoms with Crippen LogP contribution in [0.2, 0.25) is 0 Å². The predicted molar refractivity (Wildman–Crippen MR) is 116 cm³/mol. The first kappa shape index (κ1) is 20.8. The van der Waals surface area contributed by atoms with E-state index in [1.165, 1.54) is 4.90 Å². The molecule has 0 saturated carbocycles. The summed E-state index contributed by atoms with van der Waals surface area (Å²) in [6, 6.07) is 12.4. The van der Waals surface area contributed by atoms with Crippen molar-refractivity contribution in [2.24, 2.45) is 0 Å². The number of benzene rings is 2. The number of carbonyl (C=O) groups excluding carboxylic acids is 2. The first-order chi connectivity index (χ1) is 14.9. The molecular formula is C24H25N3O4. The number of amides is 1. The number of Topliss-reactive ketones (excluding diaryl/α,β-unsaturated/α-hetero) is 1. The second-order valence-corrected chi connectivity index (χ2v) is 8.00. The molecule has 1 aromatic heterocycles. The highest BCUT2D eigenvalue weighted by Gasteiger charge is 2.37. The topological polar surface area (TPSA) is 85.5 Å². The van der Waals surface area contributed by atoms with Gasteiger partial charge in [-0.05, 0) is 43.2 Å². The minimum atomic E-state index is -0.427. The summed E-state index contributed by atoms with van der Waals surface area (Å²) in [6.45, 7) is 4.08. The maximum Gasteiger partial charge on any atom is 0.258 e. The van der Waals surface area contributed by atoms with Crippen molar-refractivity contribution < 1.29 is 18.8 Å². The zero-order valence-corrected chi connectivity index (χ0v) is 18.1. The summed E-state index contributed by atoms with van der Waals surface area (Å²) in [6.07, 6.45) is 1.92. The van der Waals surface area contributed by atoms with Gasteiger partial charge in [0.05, 0.1) is 12.0 Å². The van der Waals surface area contributed by atoms with Gasteiger partial charge in [-0.1, -0.05) is 31.1 Å². The van der Waals surface area contributed by atoms with Gasteiger partial charge in [0.2, 0.25) is 5.82 Å². The van der Waals surface area contributed by atoms with Crippen molar-refractivity contribution in [3.63, 3.8) is 0 Å². The molecule has 0 aliphatic carbocycles. The van der Waals surface area contributed by atoms with E-state index in [1.807, 2.05) is 19.9 Å². The minimum absolute atomic E-state index is 0.0627. The van der Waals surface area contributed by atoms with E-state index in [1.54, 1.807) is 50.5 Å². The summed E-state index contributed by atoms with van der Waals surface area (Å²) in [4.78, 5) is 30.8. The van der Waals surface area contributed by atoms with Crippen LogP contribution < -0.4 is 4.74 Å². The van der Waals surface area contributed by atoms with Crippen LogP contribution in [-0.4, -0.2) is 46.4 Å². The van der Waals surface area contributed by atoms with E-state index in [0.29, 0.717) is 40.6 Å². The van der Waals surface area contributed by atoms with Crippen LogP contribution in [0, 0.1) is 0 Å². The van der Waals surface area contributed by atoms with Crippen LogP contribution in [0.3, 0.4) is 0 Å². The van der Waals surface area contributed by atoms with Gasteiger partial charge < -0.3 is 14.2 Å². The van der Waals surface area contributed by atoms with E-state index >= 15 is 0 Å². The Kier molecular flexibility index (Phi) is 5.35. The molecular weight excluding hydrogens is 394 g/mol. The van der Waals surface area contributed by atoms with Gasteiger partial charge in [-0.15, -0.1) is 0 Å². The molecule has 0 saturated heterocycles. The van der Waals surface area contributed by atoms with Crippen LogP contribution >= 0.6 is 0 Å². The average molecular weight is 419 g/mol. The number of ether oxygens (including phenoxy) is 1. The van der Waals surface area contributed by atoms with Gasteiger partial charge in [0.15, 0.2) is 5.78 Å². The molecule has 2 heterocycles. The quantitative estimate of drug-likeness (QED) is 0.599. The van der Waals surface area contributed by atoms with Gasteiger partial charge in [-0.2, -0.15) is 4.98 Å². The van der Waals surface area contributed by atoms with Gasteiger partial charge >= 0.3 is 0 Å². The molecule has 2 aromatic carbocycles. The molecule has 0 radical (unpaired) electrons. The first-order valence-electron chi connectivity index (χ1n) is 10.4. The van der Waals surface area contributed by atoms with Crippen molar-refractivity contribution in [1.82, 2.24) is 15.0 Å². The Hall–Kier alpha value is -3.48. The standard InChI is InChI=1S/C24H25N3O4/c1-5-24(6-2)14-19(28)18-13-17(11-12-20(18)30-24)22-25-21(26-31-22)15-7-9-16(10-8-15)23(29)27(3)4/h7-13H,5-6,14H2,1-4H3. The van der Waals surface area contributed by atoms with Crippen molar-refractivity contribution >= 4 is 11.7 Å². The maximum atomic E-state index is 12.8. The van der Waals surface area contributed by atoms with E-state index in [0.717, 1.165) is 18.4 Å². The SMILES string of the molecule is CCC1(CC)CC(=O)c2cc(-c3nc(-c4ccc(C(=O)N(C)C)cc4)no3)ccc2O1. The number of hydrogen-bond acceptors (Lipinski definition) is 6. The lowest BCUT2D eigenvalue weighted by molar-refractivity contribution is 0.0350. The summed E-state index contributed by atoms with van der Waals surface area (Å²) >= 11 is 0. The van der Waals surface area contributed by atoms with Gasteiger partial charge in [0, 0.05) is 30.8 Å². The van der Waals surface area contributed by atoms with Gasteiger partial charge in [0.25, 0.3) is 11.8 Å². The molecule has 1 aliphatic rings. The highest BCUT2D eigenvalue weighted by atomic mass is 16.5. The molecule has 4 rings (SSSR count). The fraction of sp³-hybridized carbons (Fsp3) is 0.333. The molecule has 160 valence electrons. The number of aromatic nitrogens is 2. The molecule has 1 amide bonds. The lowest BCUT2D eigenvalue weighted by Gasteiger charge is -2.36. The van der Waals surface area contributed by atoms with Crippen LogP contribution in [0.25, 0.3) is 22.8 Å². The smallest absolute Gasteiger partial charge is 0.258 e. The van der Waals surface area contributed by atoms with E-state index in [2.05, 4.69) is 10.1 Å². The molecule has 0 fully saturated rings. The Bertz CT molecular complexity index is 1130. The van der Waals surface area contributed by atoms with Crippen LogP contribution in [0.5, 0.6) is 5.75 Å². The van der Waals surface area contributed by atoms with E-state index in [-0.39, 0.29) is 11.7 Å². The zero-order valence-electron chi connectivity index (χ0n) is 18.1. The van der Waals surface area contributed by atoms with E-state index < -0.39 is 5.60 Å². The van der Waals surface area contributed by atoms with Gasteiger partial charge in [-0.3, -0.25) is 9.59 Å². The van der Waals surface area contributed by atoms with E-state index in [4.69, 9.17) is 9.26 Å². The van der Waals surface area contributed by atoms with Crippen LogP contribution in [-0.2, 0) is 0 Å². The highest BCUT2D eigenvalue weighted by Crippen LogP contribution is 2.39. The largest absolute Gasteiger partial charge is 0.486 e. The van der Waals surface area contributed by atoms with E-state index in [9.17, 15) is 9.59 Å². The Morgan fingerprint density at radius 2 is 1.74 bits per heavy atom. The van der Waals surface area contributed by atoms with Crippen molar-refractivity contribution in [3.05, 3.63) is 53.6 Å². The zero-order chi connectivity index (χ0) is 22.2. The Morgan fingerprint density at radius 1 is 1.06 bits per heavy atom. The second-order valence-electron chi connectivity index (χ2n) is 8.00. The lowest BCUT2D eigenvalue weighted by Crippen LogP contribution is -2.40. The number of carbonyl (C=O) groups is 2. The summed E-state index contributed by atoms with van der Waals surface area (Å²) in [7, 11) is 3.42. The van der Waals surface area contributed by atoms with Crippen molar-refractivity contribution in [1.29, 1.82) is 0 Å². The normalized spacial score (nSPS) is 14.6. The Labute approximate surface area is 181 Å². The molecule has 0 N–H and O–H groups in total. The summed E-state index contributed by atoms with van der Waals surface area (Å²) < 4.78 is 11.6. The Morgan fingerprint density at radius 3 is 2.39 bits per heavy atom. The van der Waals surface area contributed by atoms with Gasteiger partial charge in [0.1, 0.15) is 11.4 Å². The summed E-state index contributed by atoms with van der Waals surface area (Å²) in [5, 5.41) is 4.06. The molecule has 3 aromatic rings. The molecule has 7 heteroatoms. The summed E-state index contributed by atoms with van der Waals surface area (Å²) in [5.74, 6) is 1.32. The second kappa shape index (κ2) is 7.98.